The van der Waals surface area contributed by atoms with Crippen LogP contribution in [0.2, 0.25) is 0 Å². The first-order valence-electron chi connectivity index (χ1n) is 6.04. The van der Waals surface area contributed by atoms with E-state index in [9.17, 15) is 0 Å². The lowest BCUT2D eigenvalue weighted by Gasteiger charge is -2.30. The van der Waals surface area contributed by atoms with Gasteiger partial charge in [0, 0.05) is 27.0 Å². The molecule has 1 aromatic heterocycles. The number of nitrogens with zero attached hydrogens (tertiary/aromatic N) is 3. The second-order valence-corrected chi connectivity index (χ2v) is 4.24. The molecule has 0 fully saturated rings. The first-order chi connectivity index (χ1) is 9.13. The van der Waals surface area contributed by atoms with E-state index in [2.05, 4.69) is 4.98 Å². The molecule has 6 heteroatoms. The van der Waals surface area contributed by atoms with Gasteiger partial charge in [0.15, 0.2) is 5.82 Å². The molecular formula is C13H20N4O2. The van der Waals surface area contributed by atoms with Gasteiger partial charge in [0.05, 0.1) is 30.5 Å². The Labute approximate surface area is 113 Å². The SMILES string of the molecule is COCCN(c1ncc(C#N)cc1N)C(C)COC. The van der Waals surface area contributed by atoms with Crippen LogP contribution in [-0.4, -0.2) is 45.0 Å². The van der Waals surface area contributed by atoms with Gasteiger partial charge in [-0.25, -0.2) is 4.98 Å². The van der Waals surface area contributed by atoms with Crippen molar-refractivity contribution in [1.29, 1.82) is 5.26 Å². The molecule has 19 heavy (non-hydrogen) atoms. The average molecular weight is 264 g/mol. The van der Waals surface area contributed by atoms with E-state index in [1.165, 1.54) is 6.20 Å². The zero-order valence-corrected chi connectivity index (χ0v) is 11.6. The Morgan fingerprint density at radius 3 is 2.74 bits per heavy atom. The summed E-state index contributed by atoms with van der Waals surface area (Å²) in [7, 11) is 3.30. The number of anilines is 2. The molecule has 1 heterocycles. The van der Waals surface area contributed by atoms with Crippen LogP contribution in [0.25, 0.3) is 0 Å². The van der Waals surface area contributed by atoms with E-state index in [1.807, 2.05) is 17.9 Å². The number of nitriles is 1. The maximum Gasteiger partial charge on any atom is 0.152 e. The standard InChI is InChI=1S/C13H20N4O2/c1-10(9-19-3)17(4-5-18-2)13-12(15)6-11(7-14)8-16-13/h6,8,10H,4-5,9,15H2,1-3H3. The first kappa shape index (κ1) is 15.2. The fourth-order valence-corrected chi connectivity index (χ4v) is 1.83. The predicted octanol–water partition coefficient (Wildman–Crippen LogP) is 1.02. The van der Waals surface area contributed by atoms with E-state index in [-0.39, 0.29) is 6.04 Å². The Bertz CT molecular complexity index is 445. The number of pyridine rings is 1. The highest BCUT2D eigenvalue weighted by molar-refractivity contribution is 5.65. The molecule has 0 aliphatic carbocycles. The molecule has 0 bridgehead atoms. The van der Waals surface area contributed by atoms with E-state index < -0.39 is 0 Å². The first-order valence-corrected chi connectivity index (χ1v) is 6.04. The van der Waals surface area contributed by atoms with Crippen molar-refractivity contribution in [2.24, 2.45) is 0 Å². The molecule has 0 saturated carbocycles. The van der Waals surface area contributed by atoms with Crippen molar-refractivity contribution in [2.75, 3.05) is 44.6 Å². The summed E-state index contributed by atoms with van der Waals surface area (Å²) in [6, 6.07) is 3.76. The monoisotopic (exact) mass is 264 g/mol. The topological polar surface area (TPSA) is 84.4 Å². The van der Waals surface area contributed by atoms with Gasteiger partial charge < -0.3 is 20.1 Å². The van der Waals surface area contributed by atoms with Crippen LogP contribution in [0, 0.1) is 11.3 Å². The number of hydrogen-bond acceptors (Lipinski definition) is 6. The highest BCUT2D eigenvalue weighted by Gasteiger charge is 2.18. The number of aromatic nitrogens is 1. The minimum Gasteiger partial charge on any atom is -0.396 e. The lowest BCUT2D eigenvalue weighted by atomic mass is 10.2. The number of nitrogens with two attached hydrogens (primary N) is 1. The minimum absolute atomic E-state index is 0.114. The van der Waals surface area contributed by atoms with Crippen LogP contribution in [0.4, 0.5) is 11.5 Å². The van der Waals surface area contributed by atoms with Crippen molar-refractivity contribution in [3.05, 3.63) is 17.8 Å². The predicted molar refractivity (Wildman–Crippen MR) is 73.9 cm³/mol. The van der Waals surface area contributed by atoms with E-state index in [1.54, 1.807) is 20.3 Å². The Balaban J connectivity index is 2.99. The van der Waals surface area contributed by atoms with Crippen molar-refractivity contribution < 1.29 is 9.47 Å². The quantitative estimate of drug-likeness (QED) is 0.791. The molecule has 1 aromatic rings. The second-order valence-electron chi connectivity index (χ2n) is 4.24. The van der Waals surface area contributed by atoms with Crippen LogP contribution < -0.4 is 10.6 Å². The van der Waals surface area contributed by atoms with Crippen molar-refractivity contribution in [1.82, 2.24) is 4.98 Å². The third-order valence-electron chi connectivity index (χ3n) is 2.77. The van der Waals surface area contributed by atoms with Crippen molar-refractivity contribution in [3.63, 3.8) is 0 Å². The number of nitrogen functional groups attached to an aromatic ring is 1. The normalized spacial score (nSPS) is 11.9. The summed E-state index contributed by atoms with van der Waals surface area (Å²) in [5.74, 6) is 0.653. The van der Waals surface area contributed by atoms with Gasteiger partial charge in [-0.3, -0.25) is 0 Å². The van der Waals surface area contributed by atoms with E-state index in [4.69, 9.17) is 20.5 Å². The molecule has 1 rings (SSSR count). The van der Waals surface area contributed by atoms with Gasteiger partial charge in [0.2, 0.25) is 0 Å². The summed E-state index contributed by atoms with van der Waals surface area (Å²) in [6.45, 7) is 3.81. The average Bonchev–Trinajstić information content (AvgIpc) is 2.40. The fraction of sp³-hybridized carbons (Fsp3) is 0.538. The zero-order valence-electron chi connectivity index (χ0n) is 11.6. The molecule has 2 N–H and O–H groups in total. The Morgan fingerprint density at radius 1 is 1.47 bits per heavy atom. The number of rotatable bonds is 7. The molecular weight excluding hydrogens is 244 g/mol. The number of hydrogen-bond donors (Lipinski definition) is 1. The second kappa shape index (κ2) is 7.56. The van der Waals surface area contributed by atoms with Crippen molar-refractivity contribution >= 4 is 11.5 Å². The van der Waals surface area contributed by atoms with Crippen LogP contribution in [0.5, 0.6) is 0 Å². The highest BCUT2D eigenvalue weighted by atomic mass is 16.5. The minimum atomic E-state index is 0.114. The smallest absolute Gasteiger partial charge is 0.152 e. The highest BCUT2D eigenvalue weighted by Crippen LogP contribution is 2.23. The van der Waals surface area contributed by atoms with Crippen molar-refractivity contribution in [3.8, 4) is 6.07 Å². The van der Waals surface area contributed by atoms with Crippen molar-refractivity contribution in [2.45, 2.75) is 13.0 Å². The molecule has 0 aliphatic rings. The molecule has 0 radical (unpaired) electrons. The molecule has 0 aromatic carbocycles. The van der Waals surface area contributed by atoms with E-state index in [0.717, 1.165) is 0 Å². The number of methoxy groups -OCH3 is 2. The summed E-state index contributed by atoms with van der Waals surface area (Å²) in [5.41, 5.74) is 6.90. The fourth-order valence-electron chi connectivity index (χ4n) is 1.83. The Hall–Kier alpha value is -1.84. The van der Waals surface area contributed by atoms with Gasteiger partial charge >= 0.3 is 0 Å². The lowest BCUT2D eigenvalue weighted by Crippen LogP contribution is -2.39. The summed E-state index contributed by atoms with van der Waals surface area (Å²) in [4.78, 5) is 6.29. The molecule has 0 amide bonds. The van der Waals surface area contributed by atoms with Gasteiger partial charge in [-0.05, 0) is 13.0 Å². The molecule has 104 valence electrons. The maximum absolute atomic E-state index is 8.83. The third-order valence-corrected chi connectivity index (χ3v) is 2.77. The zero-order chi connectivity index (χ0) is 14.3. The maximum atomic E-state index is 8.83. The van der Waals surface area contributed by atoms with Gasteiger partial charge in [0.25, 0.3) is 0 Å². The summed E-state index contributed by atoms with van der Waals surface area (Å²) in [6.07, 6.45) is 1.52. The Kier molecular flexibility index (Phi) is 6.06. The van der Waals surface area contributed by atoms with Gasteiger partial charge in [0.1, 0.15) is 6.07 Å². The summed E-state index contributed by atoms with van der Waals surface area (Å²) in [5, 5.41) is 8.83. The molecule has 0 saturated heterocycles. The van der Waals surface area contributed by atoms with E-state index in [0.29, 0.717) is 36.8 Å². The Morgan fingerprint density at radius 2 is 2.21 bits per heavy atom. The lowest BCUT2D eigenvalue weighted by molar-refractivity contribution is 0.170. The van der Waals surface area contributed by atoms with Gasteiger partial charge in [-0.15, -0.1) is 0 Å². The summed E-state index contributed by atoms with van der Waals surface area (Å²) < 4.78 is 10.3. The van der Waals surface area contributed by atoms with Gasteiger partial charge in [-0.1, -0.05) is 0 Å². The third kappa shape index (κ3) is 4.09. The van der Waals surface area contributed by atoms with Gasteiger partial charge in [-0.2, -0.15) is 5.26 Å². The molecule has 6 nitrogen and oxygen atoms in total. The van der Waals surface area contributed by atoms with Crippen LogP contribution in [0.3, 0.4) is 0 Å². The van der Waals surface area contributed by atoms with Crippen LogP contribution >= 0.6 is 0 Å². The molecule has 0 aliphatic heterocycles. The number of ether oxygens (including phenoxy) is 2. The molecule has 0 spiro atoms. The van der Waals surface area contributed by atoms with E-state index >= 15 is 0 Å². The largest absolute Gasteiger partial charge is 0.396 e. The molecule has 1 unspecified atom stereocenters. The summed E-state index contributed by atoms with van der Waals surface area (Å²) >= 11 is 0. The van der Waals surface area contributed by atoms with Crippen LogP contribution in [-0.2, 0) is 9.47 Å². The van der Waals surface area contributed by atoms with Crippen LogP contribution in [0.15, 0.2) is 12.3 Å². The van der Waals surface area contributed by atoms with Crippen LogP contribution in [0.1, 0.15) is 12.5 Å². The molecule has 1 atom stereocenters.